The summed E-state index contributed by atoms with van der Waals surface area (Å²) in [6.07, 6.45) is 7.33. The Morgan fingerprint density at radius 1 is 0.387 bits per heavy atom. The van der Waals surface area contributed by atoms with Crippen LogP contribution in [0.5, 0.6) is 0 Å². The number of aromatic nitrogens is 4. The molecule has 8 bridgehead atoms. The Labute approximate surface area is 792 Å². The number of H-pyrrole nitrogens is 2. The van der Waals surface area contributed by atoms with Gasteiger partial charge >= 0.3 is 5.97 Å². The fourth-order valence-electron chi connectivity index (χ4n) is 15.5. The first kappa shape index (κ1) is 103. The zero-order valence-electron chi connectivity index (χ0n) is 77.2. The van der Waals surface area contributed by atoms with Gasteiger partial charge < -0.3 is 112 Å². The standard InChI is InChI=1S/C99H121N23O15/c1-7-57(4)87(96(136)110-54-81(126)117-78(51-60-24-12-8-13-25-60)95(135)120-77(50-56(2)3)94(134)119-76(34-23-49-106-99(103)104)93(133)122-88(59(6)123)97(137)111-58(5)89(129)118-74(32-20-21-47-100)91(131)109-52-79(124)107-55-82(127)128)121-92(132)75(33-22-48-105-98(101)102)116-80(125)53-108-90(130)65-37-35-64(36-38-65)86-72-45-43-70(114-72)84(62-28-16-10-17-29-62)68-41-39-66(112-68)83(61-26-14-9-15-27-61)67-40-42-69(113-67)85(63-30-18-11-19-31-63)71-44-46-73(86)115-71/h8-19,24-31,35-46,56-59,74-78,87-88,112,115,123H,7,20-23,32-34,47-55,100H2,1-6H3,(H,107,124)(H,108,130)(H,109,131)(H,110,136)(H,111,137)(H,116,125)(H,117,126)(H,118,129)(H,119,134)(H,120,135)(H,121,132)(H,122,133)(H,127,128)(H4,101,102,105)(H4,103,104,106)/t57-,58-,59+,74-,75-,76-,77-,78-,87-,88-/m0/s1. The Bertz CT molecular complexity index is 5850. The number of rotatable bonds is 48. The van der Waals surface area contributed by atoms with Crippen molar-refractivity contribution < 1.29 is 72.5 Å². The molecular weight excluding hydrogens is 1750 g/mol. The summed E-state index contributed by atoms with van der Waals surface area (Å²) in [5, 5.41) is 71.1. The molecule has 12 amide bonds. The molecule has 0 fully saturated rings. The van der Waals surface area contributed by atoms with E-state index in [0.717, 1.165) is 61.3 Å². The number of unbranched alkanes of at least 4 members (excludes halogenated alkanes) is 1. The molecule has 0 aliphatic carbocycles. The number of hydrogen-bond donors (Lipinski definition) is 23. The SMILES string of the molecule is CC[C@H](C)[C@H](NC(=O)[C@H](CCCNC(=N)N)NC(=O)CNC(=O)c1ccc(-c2c3nc(c(-c4ccccc4)c4ccc([nH]4)c(-c4ccccc4)c4nc(c(-c5ccccc5)c5ccc2[nH]5)C=C4)C=C3)cc1)C(=O)NCC(=O)N[C@@H](Cc1ccccc1)C(=O)N[C@@H](CC(C)C)C(=O)N[C@@H](CCCNC(=N)N)C(=O)N[C@H](C(=O)N[C@@H](C)C(=O)N[C@@H](CCCCN)C(=O)NCC(=O)NCC(=O)O)[C@@H](C)O. The monoisotopic (exact) mass is 1870 g/mol. The van der Waals surface area contributed by atoms with Crippen LogP contribution in [0.25, 0.3) is 90.9 Å². The number of hydrogen-bond acceptors (Lipinski definition) is 19. The summed E-state index contributed by atoms with van der Waals surface area (Å²) in [5.41, 5.74) is 30.4. The molecule has 8 aromatic rings. The van der Waals surface area contributed by atoms with Gasteiger partial charge in [-0.3, -0.25) is 73.1 Å². The zero-order valence-corrected chi connectivity index (χ0v) is 77.2. The fraction of sp³-hybridized carbons (Fsp3) is 0.343. The normalized spacial score (nSPS) is 13.6. The first-order chi connectivity index (χ1) is 65.7. The summed E-state index contributed by atoms with van der Waals surface area (Å²) in [6.45, 7) is 7.07. The van der Waals surface area contributed by atoms with E-state index in [9.17, 15) is 67.4 Å². The quantitative estimate of drug-likeness (QED) is 0.0139. The Kier molecular flexibility index (Phi) is 38.4. The average molecular weight is 1870 g/mol. The molecule has 38 nitrogen and oxygen atoms in total. The van der Waals surface area contributed by atoms with Gasteiger partial charge in [0.25, 0.3) is 5.91 Å². The molecule has 10 rings (SSSR count). The molecule has 0 saturated carbocycles. The van der Waals surface area contributed by atoms with Gasteiger partial charge in [-0.15, -0.1) is 0 Å². The zero-order chi connectivity index (χ0) is 98.8. The second kappa shape index (κ2) is 50.9. The van der Waals surface area contributed by atoms with Gasteiger partial charge in [-0.05, 0) is 172 Å². The van der Waals surface area contributed by atoms with Crippen LogP contribution in [0.4, 0.5) is 0 Å². The summed E-state index contributed by atoms with van der Waals surface area (Å²) in [4.78, 5) is 197. The number of aliphatic carboxylic acids is 1. The Balaban J connectivity index is 0.811. The van der Waals surface area contributed by atoms with Crippen molar-refractivity contribution in [1.82, 2.24) is 94.4 Å². The van der Waals surface area contributed by atoms with Gasteiger partial charge in [-0.2, -0.15) is 0 Å². The minimum atomic E-state index is -1.79. The predicted molar refractivity (Wildman–Crippen MR) is 523 cm³/mol. The molecule has 5 heterocycles. The maximum absolute atomic E-state index is 14.8. The number of carbonyl (C=O) groups excluding carboxylic acids is 12. The van der Waals surface area contributed by atoms with E-state index >= 15 is 0 Å². The van der Waals surface area contributed by atoms with Gasteiger partial charge in [0.1, 0.15) is 54.9 Å². The van der Waals surface area contributed by atoms with Gasteiger partial charge in [-0.1, -0.05) is 168 Å². The molecule has 26 N–H and O–H groups in total. The first-order valence-corrected chi connectivity index (χ1v) is 45.5. The highest BCUT2D eigenvalue weighted by molar-refractivity contribution is 6.04. The lowest BCUT2D eigenvalue weighted by molar-refractivity contribution is -0.138. The van der Waals surface area contributed by atoms with E-state index in [4.69, 9.17) is 43.1 Å². The summed E-state index contributed by atoms with van der Waals surface area (Å²) >= 11 is 0. The number of nitrogens with two attached hydrogens (primary N) is 3. The summed E-state index contributed by atoms with van der Waals surface area (Å²) < 4.78 is 0. The number of guanidine groups is 2. The minimum Gasteiger partial charge on any atom is -0.480 e. The molecule has 2 aliphatic heterocycles. The van der Waals surface area contributed by atoms with Gasteiger partial charge in [0, 0.05) is 69.4 Å². The number of carboxylic acid groups (broad SMARTS) is 1. The van der Waals surface area contributed by atoms with E-state index in [1.54, 1.807) is 82.3 Å². The smallest absolute Gasteiger partial charge is 0.322 e. The highest BCUT2D eigenvalue weighted by Gasteiger charge is 2.37. The predicted octanol–water partition coefficient (Wildman–Crippen LogP) is 4.76. The molecule has 5 aromatic carbocycles. The molecule has 722 valence electrons. The summed E-state index contributed by atoms with van der Waals surface area (Å²) in [7, 11) is 0. The van der Waals surface area contributed by atoms with Crippen molar-refractivity contribution in [3.05, 3.63) is 204 Å². The van der Waals surface area contributed by atoms with Gasteiger partial charge in [0.05, 0.1) is 48.5 Å². The highest BCUT2D eigenvalue weighted by atomic mass is 16.4. The molecule has 3 aromatic heterocycles. The molecule has 0 spiro atoms. The molecule has 2 aliphatic rings. The van der Waals surface area contributed by atoms with Crippen LogP contribution in [0.1, 0.15) is 138 Å². The number of fused-ring (bicyclic) bond motifs is 8. The van der Waals surface area contributed by atoms with Crippen molar-refractivity contribution in [2.75, 3.05) is 45.8 Å². The lowest BCUT2D eigenvalue weighted by atomic mass is 9.97. The van der Waals surface area contributed by atoms with Crippen LogP contribution >= 0.6 is 0 Å². The van der Waals surface area contributed by atoms with E-state index in [1.165, 1.54) is 13.8 Å². The second-order valence-electron chi connectivity index (χ2n) is 33.8. The van der Waals surface area contributed by atoms with Crippen molar-refractivity contribution in [3.8, 4) is 44.5 Å². The number of nitrogens with zero attached hydrogens (tertiary/aromatic N) is 2. The van der Waals surface area contributed by atoms with E-state index in [2.05, 4.69) is 109 Å². The number of benzene rings is 5. The Hall–Kier alpha value is -15.7. The van der Waals surface area contributed by atoms with Crippen molar-refractivity contribution in [1.29, 1.82) is 10.8 Å². The maximum atomic E-state index is 14.8. The van der Waals surface area contributed by atoms with Crippen molar-refractivity contribution >= 4 is 135 Å². The summed E-state index contributed by atoms with van der Waals surface area (Å²) in [6, 6.07) is 42.1. The number of carboxylic acids is 1. The molecule has 0 saturated heterocycles. The average Bonchev–Trinajstić information content (AvgIpc) is 1.61. The third kappa shape index (κ3) is 30.4. The van der Waals surface area contributed by atoms with E-state index < -0.39 is 169 Å². The highest BCUT2D eigenvalue weighted by Crippen LogP contribution is 2.39. The van der Waals surface area contributed by atoms with E-state index in [1.807, 2.05) is 115 Å². The van der Waals surface area contributed by atoms with Gasteiger partial charge in [-0.25, -0.2) is 9.97 Å². The van der Waals surface area contributed by atoms with Crippen LogP contribution < -0.4 is 91.6 Å². The van der Waals surface area contributed by atoms with Crippen LogP contribution in [-0.2, 0) is 64.0 Å². The van der Waals surface area contributed by atoms with Crippen LogP contribution in [0.15, 0.2) is 170 Å². The number of amides is 12. The fourth-order valence-corrected chi connectivity index (χ4v) is 15.5. The lowest BCUT2D eigenvalue weighted by Gasteiger charge is -2.28. The van der Waals surface area contributed by atoms with E-state index in [0.29, 0.717) is 52.9 Å². The van der Waals surface area contributed by atoms with Crippen molar-refractivity contribution in [2.24, 2.45) is 29.0 Å². The largest absolute Gasteiger partial charge is 0.480 e. The number of nitrogens with one attached hydrogen (secondary N) is 18. The molecular formula is C99H121N23O15. The van der Waals surface area contributed by atoms with Crippen molar-refractivity contribution in [3.63, 3.8) is 0 Å². The third-order valence-electron chi connectivity index (χ3n) is 22.8. The lowest BCUT2D eigenvalue weighted by Crippen LogP contribution is -2.61. The topological polar surface area (TPSA) is 614 Å². The molecule has 38 heteroatoms. The van der Waals surface area contributed by atoms with Crippen LogP contribution in [0.2, 0.25) is 0 Å². The van der Waals surface area contributed by atoms with E-state index in [-0.39, 0.29) is 82.0 Å². The van der Waals surface area contributed by atoms with Crippen LogP contribution in [-0.4, -0.2) is 219 Å². The number of aliphatic hydroxyl groups is 1. The molecule has 137 heavy (non-hydrogen) atoms. The second-order valence-corrected chi connectivity index (χ2v) is 33.8. The number of aliphatic hydroxyl groups excluding tert-OH is 1. The third-order valence-corrected chi connectivity index (χ3v) is 22.8. The molecule has 0 radical (unpaired) electrons. The van der Waals surface area contributed by atoms with Crippen molar-refractivity contribution in [2.45, 2.75) is 160 Å². The number of aromatic amines is 2. The first-order valence-electron chi connectivity index (χ1n) is 45.5. The Morgan fingerprint density at radius 2 is 0.781 bits per heavy atom. The minimum absolute atomic E-state index is 0.0190. The van der Waals surface area contributed by atoms with Gasteiger partial charge in [0.15, 0.2) is 11.9 Å². The Morgan fingerprint density at radius 3 is 1.23 bits per heavy atom. The maximum Gasteiger partial charge on any atom is 0.322 e. The molecule has 10 atom stereocenters. The molecule has 0 unspecified atom stereocenters. The number of carbonyl (C=O) groups is 13. The summed E-state index contributed by atoms with van der Waals surface area (Å²) in [5.74, 6) is -13.3. The van der Waals surface area contributed by atoms with Crippen LogP contribution in [0, 0.1) is 22.7 Å². The van der Waals surface area contributed by atoms with Crippen LogP contribution in [0.3, 0.4) is 0 Å². The van der Waals surface area contributed by atoms with Gasteiger partial charge in [0.2, 0.25) is 65.0 Å².